The second kappa shape index (κ2) is 6.40. The van der Waals surface area contributed by atoms with Crippen LogP contribution in [0.25, 0.3) is 0 Å². The number of fused-ring (bicyclic) bond motifs is 1. The number of aromatic nitrogens is 2. The van der Waals surface area contributed by atoms with Crippen LogP contribution in [0.3, 0.4) is 0 Å². The molecule has 3 atom stereocenters. The Bertz CT molecular complexity index is 685. The number of carbonyl (C=O) groups is 1. The lowest BCUT2D eigenvalue weighted by atomic mass is 9.93. The SMILES string of the molecule is CN(Cc1ncc[nH]1)C(=O)[C@@H]1C[C@H](c2ccccc2)N2CCC[C@@H]12. The summed E-state index contributed by atoms with van der Waals surface area (Å²) in [5.41, 5.74) is 1.34. The van der Waals surface area contributed by atoms with Gasteiger partial charge in [-0.25, -0.2) is 4.98 Å². The number of aromatic amines is 1. The molecule has 1 aromatic heterocycles. The Kier molecular flexibility index (Phi) is 4.10. The number of hydrogen-bond donors (Lipinski definition) is 1. The van der Waals surface area contributed by atoms with Gasteiger partial charge in [-0.15, -0.1) is 0 Å². The zero-order chi connectivity index (χ0) is 16.5. The van der Waals surface area contributed by atoms with Gasteiger partial charge in [0.2, 0.25) is 5.91 Å². The summed E-state index contributed by atoms with van der Waals surface area (Å²) in [6, 6.07) is 11.4. The Balaban J connectivity index is 1.51. The predicted octanol–water partition coefficient (Wildman–Crippen LogP) is 2.59. The Labute approximate surface area is 142 Å². The average molecular weight is 324 g/mol. The van der Waals surface area contributed by atoms with Crippen molar-refractivity contribution in [2.45, 2.75) is 37.9 Å². The van der Waals surface area contributed by atoms with Gasteiger partial charge in [0.1, 0.15) is 5.82 Å². The number of nitrogens with zero attached hydrogens (tertiary/aromatic N) is 3. The topological polar surface area (TPSA) is 52.2 Å². The van der Waals surface area contributed by atoms with E-state index in [1.54, 1.807) is 12.4 Å². The summed E-state index contributed by atoms with van der Waals surface area (Å²) in [6.07, 6.45) is 6.78. The maximum atomic E-state index is 13.0. The fourth-order valence-corrected chi connectivity index (χ4v) is 4.41. The first-order valence-corrected chi connectivity index (χ1v) is 8.78. The molecule has 0 aliphatic carbocycles. The summed E-state index contributed by atoms with van der Waals surface area (Å²) in [6.45, 7) is 1.65. The van der Waals surface area contributed by atoms with Crippen molar-refractivity contribution in [3.63, 3.8) is 0 Å². The zero-order valence-corrected chi connectivity index (χ0v) is 14.1. The van der Waals surface area contributed by atoms with Gasteiger partial charge in [0, 0.05) is 31.5 Å². The van der Waals surface area contributed by atoms with Gasteiger partial charge in [-0.05, 0) is 31.4 Å². The Hall–Kier alpha value is -2.14. The molecule has 2 aliphatic rings. The molecule has 0 saturated carbocycles. The van der Waals surface area contributed by atoms with Gasteiger partial charge >= 0.3 is 0 Å². The van der Waals surface area contributed by atoms with E-state index in [1.165, 1.54) is 12.0 Å². The standard InChI is InChI=1S/C19H24N4O/c1-22(13-18-20-9-10-21-18)19(24)15-12-17(14-6-3-2-4-7-14)23-11-5-8-16(15)23/h2-4,6-7,9-10,15-17H,5,8,11-13H2,1H3,(H,20,21)/t15-,16+,17-/m1/s1. The maximum Gasteiger partial charge on any atom is 0.227 e. The van der Waals surface area contributed by atoms with Gasteiger partial charge < -0.3 is 9.88 Å². The quantitative estimate of drug-likeness (QED) is 0.940. The molecule has 24 heavy (non-hydrogen) atoms. The molecule has 4 rings (SSSR count). The highest BCUT2D eigenvalue weighted by Gasteiger charge is 2.47. The van der Waals surface area contributed by atoms with E-state index < -0.39 is 0 Å². The minimum Gasteiger partial charge on any atom is -0.347 e. The van der Waals surface area contributed by atoms with Gasteiger partial charge in [-0.2, -0.15) is 0 Å². The van der Waals surface area contributed by atoms with Crippen molar-refractivity contribution in [1.82, 2.24) is 19.8 Å². The highest BCUT2D eigenvalue weighted by atomic mass is 16.2. The molecule has 2 aromatic rings. The molecule has 0 spiro atoms. The number of carbonyl (C=O) groups excluding carboxylic acids is 1. The third-order valence-corrected chi connectivity index (χ3v) is 5.50. The molecule has 2 fully saturated rings. The number of rotatable bonds is 4. The summed E-state index contributed by atoms with van der Waals surface area (Å²) in [5, 5.41) is 0. The van der Waals surface area contributed by atoms with Crippen LogP contribution in [0, 0.1) is 5.92 Å². The lowest BCUT2D eigenvalue weighted by molar-refractivity contribution is -0.135. The second-order valence-electron chi connectivity index (χ2n) is 6.95. The summed E-state index contributed by atoms with van der Waals surface area (Å²) >= 11 is 0. The van der Waals surface area contributed by atoms with Crippen molar-refractivity contribution < 1.29 is 4.79 Å². The molecule has 5 heteroatoms. The van der Waals surface area contributed by atoms with Crippen molar-refractivity contribution in [3.8, 4) is 0 Å². The van der Waals surface area contributed by atoms with Gasteiger partial charge in [0.15, 0.2) is 0 Å². The average Bonchev–Trinajstić information content (AvgIpc) is 3.32. The molecular weight excluding hydrogens is 300 g/mol. The number of amides is 1. The molecule has 1 N–H and O–H groups in total. The van der Waals surface area contributed by atoms with Gasteiger partial charge in [0.25, 0.3) is 0 Å². The van der Waals surface area contributed by atoms with Crippen LogP contribution in [0.4, 0.5) is 0 Å². The molecular formula is C19H24N4O. The van der Waals surface area contributed by atoms with Crippen molar-refractivity contribution in [3.05, 3.63) is 54.1 Å². The van der Waals surface area contributed by atoms with Crippen LogP contribution in [0.2, 0.25) is 0 Å². The van der Waals surface area contributed by atoms with Gasteiger partial charge in [-0.1, -0.05) is 30.3 Å². The fraction of sp³-hybridized carbons (Fsp3) is 0.474. The van der Waals surface area contributed by atoms with Crippen molar-refractivity contribution in [1.29, 1.82) is 0 Å². The van der Waals surface area contributed by atoms with Crippen molar-refractivity contribution >= 4 is 5.91 Å². The first kappa shape index (κ1) is 15.4. The lowest BCUT2D eigenvalue weighted by Crippen LogP contribution is -2.38. The van der Waals surface area contributed by atoms with E-state index in [-0.39, 0.29) is 11.8 Å². The normalized spacial score (nSPS) is 26.5. The third-order valence-electron chi connectivity index (χ3n) is 5.50. The van der Waals surface area contributed by atoms with E-state index in [9.17, 15) is 4.79 Å². The summed E-state index contributed by atoms with van der Waals surface area (Å²) in [5.74, 6) is 1.19. The van der Waals surface area contributed by atoms with Gasteiger partial charge in [0.05, 0.1) is 12.5 Å². The monoisotopic (exact) mass is 324 g/mol. The van der Waals surface area contributed by atoms with E-state index in [2.05, 4.69) is 45.2 Å². The molecule has 2 aliphatic heterocycles. The van der Waals surface area contributed by atoms with Crippen molar-refractivity contribution in [2.75, 3.05) is 13.6 Å². The number of nitrogens with one attached hydrogen (secondary N) is 1. The Morgan fingerprint density at radius 3 is 2.96 bits per heavy atom. The van der Waals surface area contributed by atoms with Crippen LogP contribution in [0.1, 0.15) is 36.7 Å². The third kappa shape index (κ3) is 2.73. The first-order valence-electron chi connectivity index (χ1n) is 8.78. The van der Waals surface area contributed by atoms with Crippen LogP contribution >= 0.6 is 0 Å². The number of hydrogen-bond acceptors (Lipinski definition) is 3. The molecule has 1 aromatic carbocycles. The molecule has 5 nitrogen and oxygen atoms in total. The number of imidazole rings is 1. The molecule has 126 valence electrons. The smallest absolute Gasteiger partial charge is 0.227 e. The Morgan fingerprint density at radius 1 is 1.38 bits per heavy atom. The summed E-state index contributed by atoms with van der Waals surface area (Å²) in [4.78, 5) is 24.7. The van der Waals surface area contributed by atoms with E-state index in [1.807, 2.05) is 11.9 Å². The van der Waals surface area contributed by atoms with Crippen LogP contribution in [-0.4, -0.2) is 45.3 Å². The minimum absolute atomic E-state index is 0.0951. The molecule has 1 amide bonds. The van der Waals surface area contributed by atoms with Crippen LogP contribution in [-0.2, 0) is 11.3 Å². The van der Waals surface area contributed by atoms with Crippen molar-refractivity contribution in [2.24, 2.45) is 5.92 Å². The van der Waals surface area contributed by atoms with E-state index in [4.69, 9.17) is 0 Å². The number of benzene rings is 1. The maximum absolute atomic E-state index is 13.0. The van der Waals surface area contributed by atoms with E-state index in [0.29, 0.717) is 18.6 Å². The molecule has 0 radical (unpaired) electrons. The molecule has 0 bridgehead atoms. The zero-order valence-electron chi connectivity index (χ0n) is 14.1. The Morgan fingerprint density at radius 2 is 2.21 bits per heavy atom. The van der Waals surface area contributed by atoms with Gasteiger partial charge in [-0.3, -0.25) is 9.69 Å². The second-order valence-corrected chi connectivity index (χ2v) is 6.95. The van der Waals surface area contributed by atoms with E-state index >= 15 is 0 Å². The number of H-pyrrole nitrogens is 1. The summed E-state index contributed by atoms with van der Waals surface area (Å²) in [7, 11) is 1.89. The lowest BCUT2D eigenvalue weighted by Gasteiger charge is -2.25. The molecule has 0 unspecified atom stereocenters. The summed E-state index contributed by atoms with van der Waals surface area (Å²) < 4.78 is 0. The van der Waals surface area contributed by atoms with Crippen LogP contribution < -0.4 is 0 Å². The molecule has 2 saturated heterocycles. The molecule has 3 heterocycles. The van der Waals surface area contributed by atoms with Crippen LogP contribution in [0.5, 0.6) is 0 Å². The highest BCUT2D eigenvalue weighted by molar-refractivity contribution is 5.80. The predicted molar refractivity (Wildman–Crippen MR) is 92.1 cm³/mol. The first-order chi connectivity index (χ1) is 11.7. The minimum atomic E-state index is 0.0951. The van der Waals surface area contributed by atoms with Crippen LogP contribution in [0.15, 0.2) is 42.7 Å². The largest absolute Gasteiger partial charge is 0.347 e. The highest BCUT2D eigenvalue weighted by Crippen LogP contribution is 2.45. The fourth-order valence-electron chi connectivity index (χ4n) is 4.41. The van der Waals surface area contributed by atoms with E-state index in [0.717, 1.165) is 25.2 Å².